The molecule has 2 heteroatoms. The number of anilines is 1. The van der Waals surface area contributed by atoms with Crippen LogP contribution in [0.25, 0.3) is 0 Å². The second kappa shape index (κ2) is 4.46. The van der Waals surface area contributed by atoms with Gasteiger partial charge in [0.1, 0.15) is 0 Å². The molecular formula is C14H20N2. The van der Waals surface area contributed by atoms with Crippen molar-refractivity contribution in [2.75, 3.05) is 18.4 Å². The van der Waals surface area contributed by atoms with Crippen molar-refractivity contribution in [2.24, 2.45) is 0 Å². The standard InChI is InChI=1S/C14H20N2/c1-2-9-16(8-1)11-12-4-3-5-14(10-12)15-13-6-7-13/h3-5,10,13,15H,1-2,6-9,11H2. The summed E-state index contributed by atoms with van der Waals surface area (Å²) in [5, 5.41) is 3.56. The van der Waals surface area contributed by atoms with Gasteiger partial charge < -0.3 is 5.32 Å². The topological polar surface area (TPSA) is 15.3 Å². The summed E-state index contributed by atoms with van der Waals surface area (Å²) >= 11 is 0. The van der Waals surface area contributed by atoms with Gasteiger partial charge in [-0.3, -0.25) is 4.90 Å². The van der Waals surface area contributed by atoms with Gasteiger partial charge >= 0.3 is 0 Å². The maximum Gasteiger partial charge on any atom is 0.0345 e. The van der Waals surface area contributed by atoms with E-state index in [1.165, 1.54) is 50.0 Å². The summed E-state index contributed by atoms with van der Waals surface area (Å²) in [7, 11) is 0. The van der Waals surface area contributed by atoms with Gasteiger partial charge in [0, 0.05) is 18.3 Å². The van der Waals surface area contributed by atoms with E-state index in [2.05, 4.69) is 34.5 Å². The number of benzene rings is 1. The second-order valence-electron chi connectivity index (χ2n) is 5.10. The Labute approximate surface area is 97.6 Å². The van der Waals surface area contributed by atoms with E-state index in [0.29, 0.717) is 0 Å². The first-order valence-corrected chi connectivity index (χ1v) is 6.48. The van der Waals surface area contributed by atoms with Crippen LogP contribution < -0.4 is 5.32 Å². The smallest absolute Gasteiger partial charge is 0.0345 e. The van der Waals surface area contributed by atoms with Gasteiger partial charge in [0.2, 0.25) is 0 Å². The van der Waals surface area contributed by atoms with Crippen LogP contribution in [0.4, 0.5) is 5.69 Å². The van der Waals surface area contributed by atoms with Crippen LogP contribution in [0.15, 0.2) is 24.3 Å². The molecule has 1 aliphatic heterocycles. The molecule has 0 unspecified atom stereocenters. The molecule has 1 saturated carbocycles. The third-order valence-corrected chi connectivity index (χ3v) is 3.48. The quantitative estimate of drug-likeness (QED) is 0.832. The fourth-order valence-corrected chi connectivity index (χ4v) is 2.42. The molecule has 1 aliphatic carbocycles. The van der Waals surface area contributed by atoms with E-state index in [1.54, 1.807) is 0 Å². The Hall–Kier alpha value is -1.02. The molecule has 2 aliphatic rings. The highest BCUT2D eigenvalue weighted by Crippen LogP contribution is 2.25. The molecule has 0 spiro atoms. The van der Waals surface area contributed by atoms with E-state index < -0.39 is 0 Å². The summed E-state index contributed by atoms with van der Waals surface area (Å²) in [6.45, 7) is 3.68. The fourth-order valence-electron chi connectivity index (χ4n) is 2.42. The zero-order chi connectivity index (χ0) is 10.8. The van der Waals surface area contributed by atoms with Crippen molar-refractivity contribution in [3.05, 3.63) is 29.8 Å². The number of nitrogens with zero attached hydrogens (tertiary/aromatic N) is 1. The average Bonchev–Trinajstić information content (AvgIpc) is 2.94. The molecule has 86 valence electrons. The molecule has 0 bridgehead atoms. The Morgan fingerprint density at radius 3 is 2.75 bits per heavy atom. The van der Waals surface area contributed by atoms with Crippen molar-refractivity contribution < 1.29 is 0 Å². The fraction of sp³-hybridized carbons (Fsp3) is 0.571. The molecule has 0 radical (unpaired) electrons. The van der Waals surface area contributed by atoms with Gasteiger partial charge in [0.15, 0.2) is 0 Å². The molecule has 16 heavy (non-hydrogen) atoms. The minimum absolute atomic E-state index is 0.752. The molecule has 1 aromatic rings. The van der Waals surface area contributed by atoms with Crippen molar-refractivity contribution in [2.45, 2.75) is 38.3 Å². The molecule has 1 saturated heterocycles. The highest BCUT2D eigenvalue weighted by Gasteiger charge is 2.20. The van der Waals surface area contributed by atoms with Crippen LogP contribution in [0.2, 0.25) is 0 Å². The molecule has 0 aromatic heterocycles. The summed E-state index contributed by atoms with van der Waals surface area (Å²) in [6.07, 6.45) is 5.44. The van der Waals surface area contributed by atoms with E-state index >= 15 is 0 Å². The van der Waals surface area contributed by atoms with Gasteiger partial charge in [-0.1, -0.05) is 12.1 Å². The lowest BCUT2D eigenvalue weighted by Crippen LogP contribution is -2.18. The normalized spacial score (nSPS) is 21.2. The van der Waals surface area contributed by atoms with Crippen molar-refractivity contribution in [1.82, 2.24) is 4.90 Å². The summed E-state index contributed by atoms with van der Waals surface area (Å²) in [6, 6.07) is 9.68. The van der Waals surface area contributed by atoms with Crippen LogP contribution in [0.5, 0.6) is 0 Å². The van der Waals surface area contributed by atoms with Crippen LogP contribution >= 0.6 is 0 Å². The first-order valence-electron chi connectivity index (χ1n) is 6.48. The Morgan fingerprint density at radius 2 is 2.00 bits per heavy atom. The van der Waals surface area contributed by atoms with E-state index in [1.807, 2.05) is 0 Å². The van der Waals surface area contributed by atoms with Crippen molar-refractivity contribution in [3.63, 3.8) is 0 Å². The van der Waals surface area contributed by atoms with Gasteiger partial charge in [-0.15, -0.1) is 0 Å². The predicted octanol–water partition coefficient (Wildman–Crippen LogP) is 2.86. The average molecular weight is 216 g/mol. The van der Waals surface area contributed by atoms with Crippen LogP contribution in [-0.2, 0) is 6.54 Å². The molecule has 1 aromatic carbocycles. The third kappa shape index (κ3) is 2.56. The highest BCUT2D eigenvalue weighted by molar-refractivity contribution is 5.47. The summed E-state index contributed by atoms with van der Waals surface area (Å²) in [4.78, 5) is 2.55. The molecule has 0 amide bonds. The van der Waals surface area contributed by atoms with Crippen molar-refractivity contribution in [1.29, 1.82) is 0 Å². The van der Waals surface area contributed by atoms with Crippen LogP contribution in [0, 0.1) is 0 Å². The van der Waals surface area contributed by atoms with E-state index in [0.717, 1.165) is 12.6 Å². The molecule has 1 N–H and O–H groups in total. The maximum atomic E-state index is 3.56. The first kappa shape index (κ1) is 10.2. The van der Waals surface area contributed by atoms with Gasteiger partial charge in [0.05, 0.1) is 0 Å². The lowest BCUT2D eigenvalue weighted by molar-refractivity contribution is 0.331. The van der Waals surface area contributed by atoms with Gasteiger partial charge in [-0.25, -0.2) is 0 Å². The lowest BCUT2D eigenvalue weighted by atomic mass is 10.2. The minimum Gasteiger partial charge on any atom is -0.382 e. The monoisotopic (exact) mass is 216 g/mol. The Morgan fingerprint density at radius 1 is 1.19 bits per heavy atom. The largest absolute Gasteiger partial charge is 0.382 e. The van der Waals surface area contributed by atoms with E-state index in [4.69, 9.17) is 0 Å². The number of likely N-dealkylation sites (tertiary alicyclic amines) is 1. The zero-order valence-electron chi connectivity index (χ0n) is 9.78. The lowest BCUT2D eigenvalue weighted by Gasteiger charge is -2.15. The number of nitrogens with one attached hydrogen (secondary N) is 1. The Kier molecular flexibility index (Phi) is 2.83. The highest BCUT2D eigenvalue weighted by atomic mass is 15.1. The van der Waals surface area contributed by atoms with Gasteiger partial charge in [0.25, 0.3) is 0 Å². The minimum atomic E-state index is 0.752. The Balaban J connectivity index is 1.63. The predicted molar refractivity (Wildman–Crippen MR) is 67.6 cm³/mol. The molecule has 0 atom stereocenters. The summed E-state index contributed by atoms with van der Waals surface area (Å²) < 4.78 is 0. The second-order valence-corrected chi connectivity index (χ2v) is 5.10. The van der Waals surface area contributed by atoms with Gasteiger partial charge in [-0.05, 0) is 56.5 Å². The van der Waals surface area contributed by atoms with Crippen molar-refractivity contribution in [3.8, 4) is 0 Å². The van der Waals surface area contributed by atoms with Crippen LogP contribution in [0.3, 0.4) is 0 Å². The van der Waals surface area contributed by atoms with E-state index in [9.17, 15) is 0 Å². The van der Waals surface area contributed by atoms with Crippen molar-refractivity contribution >= 4 is 5.69 Å². The SMILES string of the molecule is c1cc(CN2CCCC2)cc(NC2CC2)c1. The Bertz CT molecular complexity index is 352. The van der Waals surface area contributed by atoms with Crippen LogP contribution in [0.1, 0.15) is 31.2 Å². The van der Waals surface area contributed by atoms with Gasteiger partial charge in [-0.2, -0.15) is 0 Å². The summed E-state index contributed by atoms with van der Waals surface area (Å²) in [5.41, 5.74) is 2.76. The maximum absolute atomic E-state index is 3.56. The number of rotatable bonds is 4. The molecule has 2 nitrogen and oxygen atoms in total. The summed E-state index contributed by atoms with van der Waals surface area (Å²) in [5.74, 6) is 0. The molecule has 3 rings (SSSR count). The first-order chi connectivity index (χ1) is 7.90. The zero-order valence-corrected chi connectivity index (χ0v) is 9.78. The third-order valence-electron chi connectivity index (χ3n) is 3.48. The van der Waals surface area contributed by atoms with E-state index in [-0.39, 0.29) is 0 Å². The number of hydrogen-bond acceptors (Lipinski definition) is 2. The molecule has 2 fully saturated rings. The van der Waals surface area contributed by atoms with Crippen LogP contribution in [-0.4, -0.2) is 24.0 Å². The molecule has 1 heterocycles. The molecular weight excluding hydrogens is 196 g/mol. The number of hydrogen-bond donors (Lipinski definition) is 1.